The molecular formula is C6H3ClNO3. The van der Waals surface area contributed by atoms with Crippen LogP contribution in [0.15, 0.2) is 12.1 Å². The highest BCUT2D eigenvalue weighted by atomic mass is 35.5. The number of phenolic OH excluding ortho intramolecular Hbond substituents is 1. The summed E-state index contributed by atoms with van der Waals surface area (Å²) in [6.07, 6.45) is 0. The summed E-state index contributed by atoms with van der Waals surface area (Å²) in [4.78, 5) is 9.50. The fourth-order valence-corrected chi connectivity index (χ4v) is 0.769. The lowest BCUT2D eigenvalue weighted by molar-refractivity contribution is -0.384. The van der Waals surface area contributed by atoms with Gasteiger partial charge in [-0.1, -0.05) is 11.6 Å². The molecule has 0 aromatic heterocycles. The van der Waals surface area contributed by atoms with Gasteiger partial charge in [-0.3, -0.25) is 10.1 Å². The Bertz CT molecular complexity index is 300. The van der Waals surface area contributed by atoms with Gasteiger partial charge in [0, 0.05) is 6.07 Å². The van der Waals surface area contributed by atoms with Crippen LogP contribution in [0, 0.1) is 16.2 Å². The lowest BCUT2D eigenvalue weighted by atomic mass is 10.3. The Kier molecular flexibility index (Phi) is 1.96. The molecule has 1 aromatic rings. The third-order valence-corrected chi connectivity index (χ3v) is 1.36. The van der Waals surface area contributed by atoms with Crippen LogP contribution in [-0.2, 0) is 0 Å². The predicted octanol–water partition coefficient (Wildman–Crippen LogP) is 1.75. The van der Waals surface area contributed by atoms with Crippen LogP contribution in [0.4, 0.5) is 5.69 Å². The minimum absolute atomic E-state index is 0.0344. The Balaban J connectivity index is 3.23. The molecule has 5 heteroatoms. The van der Waals surface area contributed by atoms with Gasteiger partial charge in [0.2, 0.25) is 0 Å². The molecule has 0 aliphatic carbocycles. The molecule has 1 N–H and O–H groups in total. The standard InChI is InChI=1S/C6H3ClNO3/c7-5-2-1-4(9)3-6(5)8(10)11/h2-3,9H. The highest BCUT2D eigenvalue weighted by Gasteiger charge is 2.11. The zero-order chi connectivity index (χ0) is 8.43. The molecule has 0 amide bonds. The summed E-state index contributed by atoms with van der Waals surface area (Å²) in [5.74, 6) is -0.291. The first-order valence-corrected chi connectivity index (χ1v) is 3.03. The molecule has 0 spiro atoms. The molecule has 0 unspecified atom stereocenters. The average molecular weight is 173 g/mol. The van der Waals surface area contributed by atoms with Crippen molar-refractivity contribution in [2.24, 2.45) is 0 Å². The number of nitrogens with zero attached hydrogens (tertiary/aromatic N) is 1. The molecule has 0 aliphatic rings. The van der Waals surface area contributed by atoms with Crippen molar-refractivity contribution in [3.63, 3.8) is 0 Å². The van der Waals surface area contributed by atoms with E-state index in [1.165, 1.54) is 0 Å². The number of halogens is 1. The highest BCUT2D eigenvalue weighted by molar-refractivity contribution is 6.32. The molecule has 0 saturated heterocycles. The quantitative estimate of drug-likeness (QED) is 0.519. The molecule has 0 aliphatic heterocycles. The van der Waals surface area contributed by atoms with Gasteiger partial charge in [-0.15, -0.1) is 0 Å². The van der Waals surface area contributed by atoms with E-state index in [0.29, 0.717) is 0 Å². The molecule has 0 fully saturated rings. The maximum absolute atomic E-state index is 10.2. The van der Waals surface area contributed by atoms with E-state index in [2.05, 4.69) is 6.07 Å². The Hall–Kier alpha value is -1.29. The topological polar surface area (TPSA) is 63.4 Å². The Morgan fingerprint density at radius 1 is 1.73 bits per heavy atom. The van der Waals surface area contributed by atoms with E-state index in [9.17, 15) is 10.1 Å². The number of hydrogen-bond acceptors (Lipinski definition) is 3. The van der Waals surface area contributed by atoms with Crippen LogP contribution in [-0.4, -0.2) is 10.0 Å². The highest BCUT2D eigenvalue weighted by Crippen LogP contribution is 2.26. The van der Waals surface area contributed by atoms with Crippen molar-refractivity contribution < 1.29 is 10.0 Å². The van der Waals surface area contributed by atoms with E-state index in [4.69, 9.17) is 16.7 Å². The summed E-state index contributed by atoms with van der Waals surface area (Å²) >= 11 is 5.41. The maximum Gasteiger partial charge on any atom is 0.291 e. The van der Waals surface area contributed by atoms with Gasteiger partial charge in [-0.25, -0.2) is 0 Å². The largest absolute Gasteiger partial charge is 0.507 e. The fourth-order valence-electron chi connectivity index (χ4n) is 0.591. The van der Waals surface area contributed by atoms with Gasteiger partial charge in [0.1, 0.15) is 10.8 Å². The lowest BCUT2D eigenvalue weighted by Crippen LogP contribution is -1.87. The molecular weight excluding hydrogens is 170 g/mol. The van der Waals surface area contributed by atoms with E-state index in [1.807, 2.05) is 0 Å². The Morgan fingerprint density at radius 2 is 2.36 bits per heavy atom. The van der Waals surface area contributed by atoms with Crippen LogP contribution in [0.2, 0.25) is 5.02 Å². The normalized spacial score (nSPS) is 9.55. The number of rotatable bonds is 1. The van der Waals surface area contributed by atoms with Gasteiger partial charge in [-0.2, -0.15) is 0 Å². The summed E-state index contributed by atoms with van der Waals surface area (Å²) in [5, 5.41) is 18.9. The third-order valence-electron chi connectivity index (χ3n) is 1.06. The van der Waals surface area contributed by atoms with Crippen LogP contribution in [0.25, 0.3) is 0 Å². The first-order valence-electron chi connectivity index (χ1n) is 2.66. The second-order valence-corrected chi connectivity index (χ2v) is 2.22. The number of hydrogen-bond donors (Lipinski definition) is 1. The van der Waals surface area contributed by atoms with Gasteiger partial charge in [-0.05, 0) is 6.07 Å². The lowest BCUT2D eigenvalue weighted by Gasteiger charge is -1.93. The number of aromatic hydroxyl groups is 1. The Labute approximate surface area is 67.2 Å². The number of benzene rings is 1. The molecule has 1 rings (SSSR count). The number of phenols is 1. The van der Waals surface area contributed by atoms with Crippen molar-refractivity contribution in [1.29, 1.82) is 0 Å². The van der Waals surface area contributed by atoms with Gasteiger partial charge in [0.25, 0.3) is 5.69 Å². The van der Waals surface area contributed by atoms with Crippen LogP contribution < -0.4 is 0 Å². The second kappa shape index (κ2) is 2.75. The number of nitro groups is 1. The molecule has 1 radical (unpaired) electrons. The van der Waals surface area contributed by atoms with Gasteiger partial charge in [0.05, 0.1) is 11.0 Å². The molecule has 11 heavy (non-hydrogen) atoms. The van der Waals surface area contributed by atoms with Crippen molar-refractivity contribution in [2.45, 2.75) is 0 Å². The molecule has 1 aromatic carbocycles. The molecule has 0 saturated carbocycles. The van der Waals surface area contributed by atoms with E-state index in [-0.39, 0.29) is 16.5 Å². The number of nitro benzene ring substituents is 1. The Morgan fingerprint density at radius 3 is 2.82 bits per heavy atom. The van der Waals surface area contributed by atoms with Gasteiger partial charge in [0.15, 0.2) is 0 Å². The van der Waals surface area contributed by atoms with E-state index >= 15 is 0 Å². The third kappa shape index (κ3) is 1.59. The average Bonchev–Trinajstić information content (AvgIpc) is 1.94. The minimum atomic E-state index is -0.671. The summed E-state index contributed by atoms with van der Waals surface area (Å²) < 4.78 is 0. The van der Waals surface area contributed by atoms with Crippen molar-refractivity contribution in [1.82, 2.24) is 0 Å². The first-order chi connectivity index (χ1) is 5.11. The molecule has 4 nitrogen and oxygen atoms in total. The van der Waals surface area contributed by atoms with Gasteiger partial charge >= 0.3 is 0 Å². The van der Waals surface area contributed by atoms with Crippen molar-refractivity contribution in [3.05, 3.63) is 33.3 Å². The summed E-state index contributed by atoms with van der Waals surface area (Å²) in [5.41, 5.74) is -0.317. The summed E-state index contributed by atoms with van der Waals surface area (Å²) in [6, 6.07) is 4.41. The SMILES string of the molecule is O=[N+]([O-])c1cc(O)[c]cc1Cl. The summed E-state index contributed by atoms with van der Waals surface area (Å²) in [6.45, 7) is 0. The van der Waals surface area contributed by atoms with E-state index in [0.717, 1.165) is 12.1 Å². The molecule has 0 atom stereocenters. The van der Waals surface area contributed by atoms with Crippen molar-refractivity contribution >= 4 is 17.3 Å². The zero-order valence-corrected chi connectivity index (χ0v) is 6.00. The maximum atomic E-state index is 10.2. The predicted molar refractivity (Wildman–Crippen MR) is 38.6 cm³/mol. The monoisotopic (exact) mass is 172 g/mol. The van der Waals surface area contributed by atoms with Crippen LogP contribution in [0.5, 0.6) is 5.75 Å². The zero-order valence-electron chi connectivity index (χ0n) is 5.24. The first kappa shape index (κ1) is 7.81. The van der Waals surface area contributed by atoms with E-state index in [1.54, 1.807) is 0 Å². The fraction of sp³-hybridized carbons (Fsp3) is 0. The second-order valence-electron chi connectivity index (χ2n) is 1.81. The minimum Gasteiger partial charge on any atom is -0.507 e. The summed E-state index contributed by atoms with van der Waals surface area (Å²) in [7, 11) is 0. The molecule has 0 heterocycles. The smallest absolute Gasteiger partial charge is 0.291 e. The van der Waals surface area contributed by atoms with Crippen LogP contribution >= 0.6 is 11.6 Å². The van der Waals surface area contributed by atoms with Crippen LogP contribution in [0.1, 0.15) is 0 Å². The molecule has 57 valence electrons. The van der Waals surface area contributed by atoms with Crippen molar-refractivity contribution in [2.75, 3.05) is 0 Å². The molecule has 0 bridgehead atoms. The van der Waals surface area contributed by atoms with Crippen molar-refractivity contribution in [3.8, 4) is 5.75 Å². The van der Waals surface area contributed by atoms with E-state index < -0.39 is 4.92 Å². The van der Waals surface area contributed by atoms with Gasteiger partial charge < -0.3 is 5.11 Å². The van der Waals surface area contributed by atoms with Crippen LogP contribution in [0.3, 0.4) is 0 Å².